The number of carbonyl (C=O) groups excluding carboxylic acids is 2. The number of hydrogen-bond acceptors (Lipinski definition) is 7. The Bertz CT molecular complexity index is 1320. The Labute approximate surface area is 216 Å². The fourth-order valence-electron chi connectivity index (χ4n) is 2.99. The number of unbranched alkanes of at least 4 members (excludes halogenated alkanes) is 1. The van der Waals surface area contributed by atoms with Gasteiger partial charge in [0.05, 0.1) is 29.8 Å². The van der Waals surface area contributed by atoms with Gasteiger partial charge in [-0.15, -0.1) is 0 Å². The summed E-state index contributed by atoms with van der Waals surface area (Å²) >= 11 is 0. The van der Waals surface area contributed by atoms with Gasteiger partial charge in [-0.3, -0.25) is 4.79 Å². The first kappa shape index (κ1) is 27.6. The molecule has 3 aromatic rings. The molecule has 0 aliphatic rings. The molecule has 0 radical (unpaired) electrons. The van der Waals surface area contributed by atoms with Crippen molar-refractivity contribution in [2.75, 3.05) is 13.2 Å². The Morgan fingerprint density at radius 2 is 1.57 bits per heavy atom. The molecule has 0 spiro atoms. The van der Waals surface area contributed by atoms with Gasteiger partial charge >= 0.3 is 5.97 Å². The third kappa shape index (κ3) is 8.85. The second kappa shape index (κ2) is 13.3. The third-order valence-electron chi connectivity index (χ3n) is 5.10. The van der Waals surface area contributed by atoms with Gasteiger partial charge in [0.15, 0.2) is 0 Å². The molecular weight excluding hydrogens is 494 g/mol. The second-order valence-electron chi connectivity index (χ2n) is 8.12. The van der Waals surface area contributed by atoms with Crippen molar-refractivity contribution in [2.45, 2.75) is 31.6 Å². The van der Waals surface area contributed by atoms with Crippen molar-refractivity contribution in [3.63, 3.8) is 0 Å². The monoisotopic (exact) mass is 523 g/mol. The minimum Gasteiger partial charge on any atom is -0.494 e. The van der Waals surface area contributed by atoms with E-state index in [4.69, 9.17) is 9.47 Å². The van der Waals surface area contributed by atoms with E-state index in [-0.39, 0.29) is 4.90 Å². The van der Waals surface area contributed by atoms with Crippen molar-refractivity contribution in [2.24, 2.45) is 5.10 Å². The summed E-state index contributed by atoms with van der Waals surface area (Å²) in [5, 5.41) is 3.82. The maximum absolute atomic E-state index is 12.4. The summed E-state index contributed by atoms with van der Waals surface area (Å²) in [5.41, 5.74) is 4.22. The molecule has 0 aliphatic carbocycles. The molecule has 0 bridgehead atoms. The number of sulfonamides is 1. The smallest absolute Gasteiger partial charge is 0.343 e. The van der Waals surface area contributed by atoms with E-state index in [1.54, 1.807) is 60.7 Å². The zero-order valence-electron chi connectivity index (χ0n) is 20.6. The fourth-order valence-corrected chi connectivity index (χ4v) is 3.97. The van der Waals surface area contributed by atoms with Crippen molar-refractivity contribution in [3.8, 4) is 11.5 Å². The van der Waals surface area contributed by atoms with E-state index < -0.39 is 28.4 Å². The quantitative estimate of drug-likeness (QED) is 0.122. The Morgan fingerprint density at radius 1 is 0.919 bits per heavy atom. The Hall–Kier alpha value is -4.02. The van der Waals surface area contributed by atoms with E-state index in [0.29, 0.717) is 29.2 Å². The number of ether oxygens (including phenoxy) is 2. The molecule has 0 saturated heterocycles. The Balaban J connectivity index is 1.45. The molecular formula is C27H29N3O6S. The highest BCUT2D eigenvalue weighted by Crippen LogP contribution is 2.17. The first-order valence-corrected chi connectivity index (χ1v) is 13.2. The molecule has 0 unspecified atom stereocenters. The highest BCUT2D eigenvalue weighted by Gasteiger charge is 2.15. The van der Waals surface area contributed by atoms with Gasteiger partial charge in [0.2, 0.25) is 10.0 Å². The van der Waals surface area contributed by atoms with Crippen LogP contribution >= 0.6 is 0 Å². The lowest BCUT2D eigenvalue weighted by Crippen LogP contribution is -2.34. The van der Waals surface area contributed by atoms with Gasteiger partial charge in [-0.05, 0) is 79.6 Å². The summed E-state index contributed by atoms with van der Waals surface area (Å²) in [6.07, 6.45) is 3.39. The molecule has 0 fully saturated rings. The third-order valence-corrected chi connectivity index (χ3v) is 6.52. The maximum atomic E-state index is 12.4. The zero-order chi connectivity index (χ0) is 26.7. The van der Waals surface area contributed by atoms with E-state index >= 15 is 0 Å². The van der Waals surface area contributed by atoms with Gasteiger partial charge in [0, 0.05) is 0 Å². The molecule has 2 N–H and O–H groups in total. The minimum absolute atomic E-state index is 0.0728. The first-order valence-electron chi connectivity index (χ1n) is 11.7. The van der Waals surface area contributed by atoms with Crippen molar-refractivity contribution in [1.82, 2.24) is 10.1 Å². The lowest BCUT2D eigenvalue weighted by atomic mass is 10.2. The van der Waals surface area contributed by atoms with E-state index in [2.05, 4.69) is 22.2 Å². The average Bonchev–Trinajstić information content (AvgIpc) is 2.89. The first-order chi connectivity index (χ1) is 17.8. The molecule has 10 heteroatoms. The SMILES string of the molecule is CCCCOc1ccc(C(=O)Oc2ccc(/C=N/NC(=O)CNS(=O)(=O)c3ccc(C)cc3)cc2)cc1. The number of nitrogens with zero attached hydrogens (tertiary/aromatic N) is 1. The lowest BCUT2D eigenvalue weighted by Gasteiger charge is -2.07. The maximum Gasteiger partial charge on any atom is 0.343 e. The normalized spacial score (nSPS) is 11.3. The summed E-state index contributed by atoms with van der Waals surface area (Å²) in [4.78, 5) is 24.4. The molecule has 1 amide bonds. The molecule has 0 saturated carbocycles. The number of aryl methyl sites for hydroxylation is 1. The van der Waals surface area contributed by atoms with Crippen molar-refractivity contribution in [1.29, 1.82) is 0 Å². The molecule has 3 aromatic carbocycles. The Kier molecular flexibility index (Phi) is 9.93. The minimum atomic E-state index is -3.80. The van der Waals surface area contributed by atoms with Crippen LogP contribution in [0.5, 0.6) is 11.5 Å². The number of carbonyl (C=O) groups is 2. The standard InChI is InChI=1S/C27H29N3O6S/c1-3-4-17-35-23-13-9-22(10-14-23)27(32)36-24-11-7-21(8-12-24)18-28-30-26(31)19-29-37(33,34)25-15-5-20(2)6-16-25/h5-16,18,29H,3-4,17,19H2,1-2H3,(H,30,31)/b28-18+. The van der Waals surface area contributed by atoms with Crippen molar-refractivity contribution in [3.05, 3.63) is 89.5 Å². The van der Waals surface area contributed by atoms with E-state index in [9.17, 15) is 18.0 Å². The van der Waals surface area contributed by atoms with Crippen LogP contribution in [-0.4, -0.2) is 39.7 Å². The molecule has 0 heterocycles. The fraction of sp³-hybridized carbons (Fsp3) is 0.222. The number of nitrogens with one attached hydrogen (secondary N) is 2. The Morgan fingerprint density at radius 3 is 2.22 bits per heavy atom. The molecule has 3 rings (SSSR count). The van der Waals surface area contributed by atoms with E-state index in [1.165, 1.54) is 18.3 Å². The zero-order valence-corrected chi connectivity index (χ0v) is 21.5. The largest absolute Gasteiger partial charge is 0.494 e. The van der Waals surface area contributed by atoms with Crippen LogP contribution in [0.15, 0.2) is 82.8 Å². The number of hydrazone groups is 1. The van der Waals surface area contributed by atoms with Crippen molar-refractivity contribution < 1.29 is 27.5 Å². The molecule has 9 nitrogen and oxygen atoms in total. The second-order valence-corrected chi connectivity index (χ2v) is 9.88. The van der Waals surface area contributed by atoms with Gasteiger partial charge in [-0.25, -0.2) is 23.4 Å². The van der Waals surface area contributed by atoms with E-state index in [1.807, 2.05) is 6.92 Å². The van der Waals surface area contributed by atoms with Gasteiger partial charge in [0.25, 0.3) is 5.91 Å². The van der Waals surface area contributed by atoms with Gasteiger partial charge in [-0.1, -0.05) is 31.0 Å². The molecule has 0 aliphatic heterocycles. The predicted molar refractivity (Wildman–Crippen MR) is 140 cm³/mol. The molecule has 194 valence electrons. The molecule has 0 aromatic heterocycles. The predicted octanol–water partition coefficient (Wildman–Crippen LogP) is 3.82. The lowest BCUT2D eigenvalue weighted by molar-refractivity contribution is -0.119. The summed E-state index contributed by atoms with van der Waals surface area (Å²) in [7, 11) is -3.80. The van der Waals surface area contributed by atoms with Gasteiger partial charge in [0.1, 0.15) is 11.5 Å². The van der Waals surface area contributed by atoms with E-state index in [0.717, 1.165) is 18.4 Å². The van der Waals surface area contributed by atoms with Crippen molar-refractivity contribution >= 4 is 28.1 Å². The molecule has 0 atom stereocenters. The number of rotatable bonds is 12. The number of hydrogen-bond donors (Lipinski definition) is 2. The number of benzene rings is 3. The summed E-state index contributed by atoms with van der Waals surface area (Å²) in [6, 6.07) is 19.5. The summed E-state index contributed by atoms with van der Waals surface area (Å²) in [6.45, 7) is 4.10. The van der Waals surface area contributed by atoms with Crippen LogP contribution in [0.1, 0.15) is 41.3 Å². The topological polar surface area (TPSA) is 123 Å². The average molecular weight is 524 g/mol. The number of esters is 1. The van der Waals surface area contributed by atoms with Crippen LogP contribution in [0.4, 0.5) is 0 Å². The highest BCUT2D eigenvalue weighted by atomic mass is 32.2. The van der Waals surface area contributed by atoms with Crippen LogP contribution in [-0.2, 0) is 14.8 Å². The van der Waals surface area contributed by atoms with Gasteiger partial charge in [-0.2, -0.15) is 5.10 Å². The molecule has 37 heavy (non-hydrogen) atoms. The number of amides is 1. The summed E-state index contributed by atoms with van der Waals surface area (Å²) in [5.74, 6) is -0.0782. The van der Waals surface area contributed by atoms with Crippen LogP contribution in [0.3, 0.4) is 0 Å². The summed E-state index contributed by atoms with van der Waals surface area (Å²) < 4.78 is 37.7. The highest BCUT2D eigenvalue weighted by molar-refractivity contribution is 7.89. The van der Waals surface area contributed by atoms with Crippen LogP contribution in [0, 0.1) is 6.92 Å². The van der Waals surface area contributed by atoms with Gasteiger partial charge < -0.3 is 9.47 Å². The van der Waals surface area contributed by atoms with Crippen LogP contribution < -0.4 is 19.6 Å². The van der Waals surface area contributed by atoms with Crippen LogP contribution in [0.25, 0.3) is 0 Å². The van der Waals surface area contributed by atoms with Crippen LogP contribution in [0.2, 0.25) is 0 Å².